The molecule has 0 aromatic rings. The van der Waals surface area contributed by atoms with Crippen LogP contribution in [0, 0.1) is 17.8 Å². The van der Waals surface area contributed by atoms with Crippen molar-refractivity contribution in [1.82, 2.24) is 0 Å². The van der Waals surface area contributed by atoms with E-state index in [1.54, 1.807) is 13.8 Å². The van der Waals surface area contributed by atoms with Crippen LogP contribution in [0.15, 0.2) is 0 Å². The summed E-state index contributed by atoms with van der Waals surface area (Å²) in [5.41, 5.74) is 0. The first-order valence-electron chi connectivity index (χ1n) is 5.05. The Morgan fingerprint density at radius 2 is 1.71 bits per heavy atom. The van der Waals surface area contributed by atoms with Crippen molar-refractivity contribution in [3.63, 3.8) is 0 Å². The van der Waals surface area contributed by atoms with E-state index in [1.807, 2.05) is 0 Å². The lowest BCUT2D eigenvalue weighted by molar-refractivity contribution is -0.206. The normalized spacial score (nSPS) is 34.9. The maximum absolute atomic E-state index is 13.5. The summed E-state index contributed by atoms with van der Waals surface area (Å²) in [5, 5.41) is 0. The SMILES string of the molecule is CC(C)C1CCCC(C(F)(F)F)C1F. The number of halogens is 4. The zero-order valence-corrected chi connectivity index (χ0v) is 8.44. The van der Waals surface area contributed by atoms with Crippen molar-refractivity contribution in [3.8, 4) is 0 Å². The molecule has 0 radical (unpaired) electrons. The van der Waals surface area contributed by atoms with Crippen LogP contribution in [0.25, 0.3) is 0 Å². The fourth-order valence-electron chi connectivity index (χ4n) is 2.24. The van der Waals surface area contributed by atoms with Crippen molar-refractivity contribution in [2.24, 2.45) is 17.8 Å². The van der Waals surface area contributed by atoms with E-state index in [2.05, 4.69) is 0 Å². The highest BCUT2D eigenvalue weighted by molar-refractivity contribution is 4.87. The fraction of sp³-hybridized carbons (Fsp3) is 1.00. The summed E-state index contributed by atoms with van der Waals surface area (Å²) < 4.78 is 50.7. The lowest BCUT2D eigenvalue weighted by Crippen LogP contribution is -2.41. The van der Waals surface area contributed by atoms with Crippen molar-refractivity contribution in [1.29, 1.82) is 0 Å². The first-order valence-corrected chi connectivity index (χ1v) is 5.05. The summed E-state index contributed by atoms with van der Waals surface area (Å²) in [5.74, 6) is -2.16. The van der Waals surface area contributed by atoms with E-state index in [9.17, 15) is 17.6 Å². The first-order chi connectivity index (χ1) is 6.34. The van der Waals surface area contributed by atoms with Gasteiger partial charge in [0.1, 0.15) is 6.17 Å². The van der Waals surface area contributed by atoms with Gasteiger partial charge in [0.05, 0.1) is 5.92 Å². The largest absolute Gasteiger partial charge is 0.394 e. The van der Waals surface area contributed by atoms with Crippen LogP contribution >= 0.6 is 0 Å². The number of rotatable bonds is 1. The lowest BCUT2D eigenvalue weighted by Gasteiger charge is -2.36. The molecule has 84 valence electrons. The Labute approximate surface area is 81.7 Å². The van der Waals surface area contributed by atoms with Gasteiger partial charge in [0.15, 0.2) is 0 Å². The van der Waals surface area contributed by atoms with Gasteiger partial charge in [0.25, 0.3) is 0 Å². The topological polar surface area (TPSA) is 0 Å². The molecule has 0 aromatic heterocycles. The van der Waals surface area contributed by atoms with E-state index in [0.29, 0.717) is 12.8 Å². The van der Waals surface area contributed by atoms with E-state index in [4.69, 9.17) is 0 Å². The van der Waals surface area contributed by atoms with Gasteiger partial charge in [-0.25, -0.2) is 4.39 Å². The zero-order chi connectivity index (χ0) is 10.9. The Kier molecular flexibility index (Phi) is 3.43. The van der Waals surface area contributed by atoms with Gasteiger partial charge in [0.2, 0.25) is 0 Å². The third kappa shape index (κ3) is 2.39. The van der Waals surface area contributed by atoms with E-state index in [0.717, 1.165) is 0 Å². The minimum absolute atomic E-state index is 0.00449. The molecule has 1 aliphatic carbocycles. The molecular formula is C10H16F4. The molecule has 0 aliphatic heterocycles. The van der Waals surface area contributed by atoms with Gasteiger partial charge in [0, 0.05) is 0 Å². The molecule has 4 heteroatoms. The molecule has 14 heavy (non-hydrogen) atoms. The predicted molar refractivity (Wildman–Crippen MR) is 46.6 cm³/mol. The van der Waals surface area contributed by atoms with Gasteiger partial charge in [-0.2, -0.15) is 13.2 Å². The van der Waals surface area contributed by atoms with Crippen LogP contribution < -0.4 is 0 Å². The maximum Gasteiger partial charge on any atom is 0.394 e. The van der Waals surface area contributed by atoms with E-state index < -0.39 is 24.2 Å². The Balaban J connectivity index is 2.71. The number of alkyl halides is 4. The van der Waals surface area contributed by atoms with Gasteiger partial charge in [-0.15, -0.1) is 0 Å². The smallest absolute Gasteiger partial charge is 0.247 e. The van der Waals surface area contributed by atoms with Crippen LogP contribution in [0.3, 0.4) is 0 Å². The molecule has 1 fully saturated rings. The summed E-state index contributed by atoms with van der Waals surface area (Å²) in [4.78, 5) is 0. The monoisotopic (exact) mass is 212 g/mol. The molecule has 0 N–H and O–H groups in total. The second-order valence-electron chi connectivity index (χ2n) is 4.43. The molecule has 0 amide bonds. The second kappa shape index (κ2) is 4.07. The van der Waals surface area contributed by atoms with Crippen LogP contribution in [-0.4, -0.2) is 12.3 Å². The minimum Gasteiger partial charge on any atom is -0.247 e. The van der Waals surface area contributed by atoms with Gasteiger partial charge in [-0.3, -0.25) is 0 Å². The van der Waals surface area contributed by atoms with Crippen LogP contribution in [0.5, 0.6) is 0 Å². The van der Waals surface area contributed by atoms with Crippen LogP contribution in [0.2, 0.25) is 0 Å². The van der Waals surface area contributed by atoms with Crippen LogP contribution in [0.4, 0.5) is 17.6 Å². The Hall–Kier alpha value is -0.280. The second-order valence-corrected chi connectivity index (χ2v) is 4.43. The van der Waals surface area contributed by atoms with E-state index in [-0.39, 0.29) is 12.3 Å². The van der Waals surface area contributed by atoms with Gasteiger partial charge >= 0.3 is 6.18 Å². The van der Waals surface area contributed by atoms with Gasteiger partial charge in [-0.1, -0.05) is 20.3 Å². The van der Waals surface area contributed by atoms with Crippen molar-refractivity contribution >= 4 is 0 Å². The van der Waals surface area contributed by atoms with Gasteiger partial charge in [-0.05, 0) is 24.7 Å². The number of hydrogen-bond acceptors (Lipinski definition) is 0. The fourth-order valence-corrected chi connectivity index (χ4v) is 2.24. The summed E-state index contributed by atoms with van der Waals surface area (Å²) in [6.07, 6.45) is -5.04. The molecule has 0 bridgehead atoms. The molecule has 0 saturated heterocycles. The Morgan fingerprint density at radius 1 is 1.14 bits per heavy atom. The molecule has 0 spiro atoms. The highest BCUT2D eigenvalue weighted by atomic mass is 19.4. The molecule has 3 atom stereocenters. The molecule has 3 unspecified atom stereocenters. The average Bonchev–Trinajstić information content (AvgIpc) is 2.01. The summed E-state index contributed by atoms with van der Waals surface area (Å²) in [6.45, 7) is 3.58. The zero-order valence-electron chi connectivity index (χ0n) is 8.44. The first kappa shape index (κ1) is 11.8. The van der Waals surface area contributed by atoms with Crippen molar-refractivity contribution in [3.05, 3.63) is 0 Å². The van der Waals surface area contributed by atoms with E-state index >= 15 is 0 Å². The highest BCUT2D eigenvalue weighted by Gasteiger charge is 2.49. The van der Waals surface area contributed by atoms with Crippen LogP contribution in [-0.2, 0) is 0 Å². The van der Waals surface area contributed by atoms with Crippen molar-refractivity contribution < 1.29 is 17.6 Å². The lowest BCUT2D eigenvalue weighted by atomic mass is 9.74. The quantitative estimate of drug-likeness (QED) is 0.577. The third-order valence-corrected chi connectivity index (χ3v) is 3.12. The Morgan fingerprint density at radius 3 is 2.14 bits per heavy atom. The standard InChI is InChI=1S/C10H16F4/c1-6(2)7-4-3-5-8(9(7)11)10(12,13)14/h6-9H,3-5H2,1-2H3. The minimum atomic E-state index is -4.37. The van der Waals surface area contributed by atoms with Gasteiger partial charge < -0.3 is 0 Å². The molecule has 0 heterocycles. The maximum atomic E-state index is 13.5. The van der Waals surface area contributed by atoms with Crippen molar-refractivity contribution in [2.75, 3.05) is 0 Å². The molecule has 1 saturated carbocycles. The molecule has 1 rings (SSSR count). The summed E-state index contributed by atoms with van der Waals surface area (Å²) >= 11 is 0. The van der Waals surface area contributed by atoms with E-state index in [1.165, 1.54) is 0 Å². The highest BCUT2D eigenvalue weighted by Crippen LogP contribution is 2.43. The van der Waals surface area contributed by atoms with Crippen LogP contribution in [0.1, 0.15) is 33.1 Å². The predicted octanol–water partition coefficient (Wildman–Crippen LogP) is 3.96. The third-order valence-electron chi connectivity index (χ3n) is 3.12. The average molecular weight is 212 g/mol. The van der Waals surface area contributed by atoms with Crippen molar-refractivity contribution in [2.45, 2.75) is 45.5 Å². The number of hydrogen-bond donors (Lipinski definition) is 0. The molecule has 0 aromatic carbocycles. The Bertz CT molecular complexity index is 185. The summed E-state index contributed by atoms with van der Waals surface area (Å²) in [7, 11) is 0. The summed E-state index contributed by atoms with van der Waals surface area (Å²) in [6, 6.07) is 0. The molecular weight excluding hydrogens is 196 g/mol. The molecule has 1 aliphatic rings. The molecule has 0 nitrogen and oxygen atoms in total.